The van der Waals surface area contributed by atoms with Gasteiger partial charge in [0.15, 0.2) is 0 Å². The van der Waals surface area contributed by atoms with Gasteiger partial charge in [0.25, 0.3) is 5.69 Å². The fraction of sp³-hybridized carbons (Fsp3) is 0.217. The maximum atomic E-state index is 11.1. The molecule has 1 aliphatic rings. The van der Waals surface area contributed by atoms with Crippen LogP contribution in [-0.2, 0) is 0 Å². The average Bonchev–Trinajstić information content (AvgIpc) is 2.59. The van der Waals surface area contributed by atoms with E-state index in [1.165, 1.54) is 11.1 Å². The number of nitro groups is 1. The van der Waals surface area contributed by atoms with Crippen LogP contribution in [0.3, 0.4) is 0 Å². The van der Waals surface area contributed by atoms with Crippen molar-refractivity contribution in [1.82, 2.24) is 0 Å². The minimum atomic E-state index is -0.362. The first-order valence-electron chi connectivity index (χ1n) is 8.99. The molecular weight excluding hydrogens is 338 g/mol. The van der Waals surface area contributed by atoms with Gasteiger partial charge in [0.1, 0.15) is 11.5 Å². The molecule has 1 aliphatic heterocycles. The zero-order valence-corrected chi connectivity index (χ0v) is 15.9. The number of hydrogen-bond acceptors (Lipinski definition) is 3. The van der Waals surface area contributed by atoms with Crippen LogP contribution in [-0.4, -0.2) is 4.92 Å². The molecule has 0 bridgehead atoms. The molecule has 27 heavy (non-hydrogen) atoms. The van der Waals surface area contributed by atoms with Crippen molar-refractivity contribution in [3.63, 3.8) is 0 Å². The van der Waals surface area contributed by atoms with Crippen LogP contribution in [0.5, 0.6) is 11.5 Å². The van der Waals surface area contributed by atoms with Gasteiger partial charge in [-0.05, 0) is 67.6 Å². The van der Waals surface area contributed by atoms with Crippen molar-refractivity contribution in [1.29, 1.82) is 0 Å². The summed E-state index contributed by atoms with van der Waals surface area (Å²) >= 11 is 0. The Balaban J connectivity index is 1.99. The number of hydrogen-bond donors (Lipinski definition) is 0. The summed E-state index contributed by atoms with van der Waals surface area (Å²) in [7, 11) is 0. The number of ether oxygens (including phenoxy) is 1. The van der Waals surface area contributed by atoms with Crippen molar-refractivity contribution in [3.8, 4) is 11.5 Å². The second-order valence-electron chi connectivity index (χ2n) is 7.37. The van der Waals surface area contributed by atoms with Gasteiger partial charge in [0, 0.05) is 29.2 Å². The number of aryl methyl sites for hydroxylation is 4. The van der Waals surface area contributed by atoms with Crippen LogP contribution in [0.1, 0.15) is 44.9 Å². The van der Waals surface area contributed by atoms with E-state index in [1.54, 1.807) is 12.1 Å². The van der Waals surface area contributed by atoms with E-state index >= 15 is 0 Å². The Morgan fingerprint density at radius 1 is 0.815 bits per heavy atom. The third kappa shape index (κ3) is 2.87. The Kier molecular flexibility index (Phi) is 3.99. The van der Waals surface area contributed by atoms with E-state index in [0.29, 0.717) is 0 Å². The molecule has 0 amide bonds. The Morgan fingerprint density at radius 2 is 1.30 bits per heavy atom. The lowest BCUT2D eigenvalue weighted by Crippen LogP contribution is -2.15. The molecule has 0 saturated carbocycles. The van der Waals surface area contributed by atoms with E-state index in [2.05, 4.69) is 52.0 Å². The van der Waals surface area contributed by atoms with E-state index in [1.807, 2.05) is 12.1 Å². The highest BCUT2D eigenvalue weighted by Gasteiger charge is 2.32. The maximum Gasteiger partial charge on any atom is 0.269 e. The summed E-state index contributed by atoms with van der Waals surface area (Å²) in [6, 6.07) is 15.3. The van der Waals surface area contributed by atoms with Gasteiger partial charge in [-0.2, -0.15) is 0 Å². The summed E-state index contributed by atoms with van der Waals surface area (Å²) in [5.41, 5.74) is 8.04. The van der Waals surface area contributed by atoms with E-state index in [9.17, 15) is 10.1 Å². The van der Waals surface area contributed by atoms with Crippen molar-refractivity contribution in [3.05, 3.63) is 97.6 Å². The second-order valence-corrected chi connectivity index (χ2v) is 7.37. The van der Waals surface area contributed by atoms with Gasteiger partial charge in [0.05, 0.1) is 4.92 Å². The number of non-ortho nitro benzene ring substituents is 1. The maximum absolute atomic E-state index is 11.1. The molecule has 0 N–H and O–H groups in total. The smallest absolute Gasteiger partial charge is 0.269 e. The molecule has 0 aromatic heterocycles. The van der Waals surface area contributed by atoms with Crippen molar-refractivity contribution in [2.24, 2.45) is 0 Å². The number of fused-ring (bicyclic) bond motifs is 2. The van der Waals surface area contributed by atoms with Crippen molar-refractivity contribution in [2.45, 2.75) is 33.6 Å². The van der Waals surface area contributed by atoms with E-state index in [-0.39, 0.29) is 16.5 Å². The summed E-state index contributed by atoms with van der Waals surface area (Å²) in [5, 5.41) is 11.1. The van der Waals surface area contributed by atoms with Crippen molar-refractivity contribution >= 4 is 5.69 Å². The first-order valence-corrected chi connectivity index (χ1v) is 8.99. The van der Waals surface area contributed by atoms with Gasteiger partial charge in [-0.25, -0.2) is 0 Å². The van der Waals surface area contributed by atoms with Gasteiger partial charge in [0.2, 0.25) is 0 Å². The predicted molar refractivity (Wildman–Crippen MR) is 106 cm³/mol. The lowest BCUT2D eigenvalue weighted by molar-refractivity contribution is -0.384. The molecule has 0 radical (unpaired) electrons. The molecule has 3 aromatic rings. The van der Waals surface area contributed by atoms with E-state index < -0.39 is 0 Å². The quantitative estimate of drug-likeness (QED) is 0.320. The Hall–Kier alpha value is -3.14. The molecule has 4 heteroatoms. The van der Waals surface area contributed by atoms with Gasteiger partial charge in [-0.1, -0.05) is 24.3 Å². The minimum Gasteiger partial charge on any atom is -0.457 e. The van der Waals surface area contributed by atoms with E-state index in [0.717, 1.165) is 39.3 Å². The topological polar surface area (TPSA) is 52.4 Å². The lowest BCUT2D eigenvalue weighted by atomic mass is 9.78. The van der Waals surface area contributed by atoms with Gasteiger partial charge in [-0.3, -0.25) is 10.1 Å². The van der Waals surface area contributed by atoms with Crippen LogP contribution in [0, 0.1) is 37.8 Å². The largest absolute Gasteiger partial charge is 0.457 e. The fourth-order valence-electron chi connectivity index (χ4n) is 4.17. The van der Waals surface area contributed by atoms with Crippen LogP contribution in [0.2, 0.25) is 0 Å². The predicted octanol–water partition coefficient (Wildman–Crippen LogP) is 6.11. The summed E-state index contributed by atoms with van der Waals surface area (Å²) in [4.78, 5) is 10.7. The van der Waals surface area contributed by atoms with Gasteiger partial charge in [-0.15, -0.1) is 0 Å². The molecule has 3 aromatic carbocycles. The highest BCUT2D eigenvalue weighted by Crippen LogP contribution is 2.50. The second kappa shape index (κ2) is 6.23. The lowest BCUT2D eigenvalue weighted by Gasteiger charge is -2.32. The van der Waals surface area contributed by atoms with Crippen LogP contribution >= 0.6 is 0 Å². The molecule has 1 heterocycles. The highest BCUT2D eigenvalue weighted by molar-refractivity contribution is 5.64. The van der Waals surface area contributed by atoms with Crippen LogP contribution in [0.25, 0.3) is 0 Å². The number of rotatable bonds is 2. The fourth-order valence-corrected chi connectivity index (χ4v) is 4.17. The first kappa shape index (κ1) is 17.3. The molecule has 0 saturated heterocycles. The SMILES string of the molecule is Cc1cc(C)c2c(c1)Oc1cc(C)cc(C)c1C2c1ccc([N+](=O)[O-])cc1. The Labute approximate surface area is 158 Å². The normalized spacial score (nSPS) is 12.9. The third-order valence-electron chi connectivity index (χ3n) is 5.22. The standard InChI is InChI=1S/C23H21NO3/c1-13-9-15(3)21-19(11-13)27-20-12-14(2)10-16(4)22(20)23(21)17-5-7-18(8-6-17)24(25)26/h5-12,23H,1-4H3. The highest BCUT2D eigenvalue weighted by atomic mass is 16.6. The molecular formula is C23H21NO3. The zero-order valence-electron chi connectivity index (χ0n) is 15.9. The summed E-state index contributed by atoms with van der Waals surface area (Å²) in [6.45, 7) is 8.33. The average molecular weight is 359 g/mol. The minimum absolute atomic E-state index is 0.00856. The summed E-state index contributed by atoms with van der Waals surface area (Å²) in [6.07, 6.45) is 0. The van der Waals surface area contributed by atoms with Crippen molar-refractivity contribution < 1.29 is 9.66 Å². The van der Waals surface area contributed by atoms with E-state index in [4.69, 9.17) is 4.74 Å². The molecule has 136 valence electrons. The summed E-state index contributed by atoms with van der Waals surface area (Å²) in [5.74, 6) is 1.73. The van der Waals surface area contributed by atoms with Gasteiger partial charge < -0.3 is 4.74 Å². The molecule has 0 aliphatic carbocycles. The van der Waals surface area contributed by atoms with Crippen LogP contribution in [0.15, 0.2) is 48.5 Å². The van der Waals surface area contributed by atoms with Gasteiger partial charge >= 0.3 is 0 Å². The zero-order chi connectivity index (χ0) is 19.3. The first-order chi connectivity index (χ1) is 12.8. The van der Waals surface area contributed by atoms with Crippen LogP contribution < -0.4 is 4.74 Å². The number of nitrogens with zero attached hydrogens (tertiary/aromatic N) is 1. The molecule has 0 unspecified atom stereocenters. The molecule has 4 nitrogen and oxygen atoms in total. The molecule has 0 spiro atoms. The van der Waals surface area contributed by atoms with Crippen molar-refractivity contribution in [2.75, 3.05) is 0 Å². The van der Waals surface area contributed by atoms with Crippen LogP contribution in [0.4, 0.5) is 5.69 Å². The molecule has 4 rings (SSSR count). The summed E-state index contributed by atoms with van der Waals surface area (Å²) < 4.78 is 6.31. The number of nitro benzene ring substituents is 1. The molecule has 0 fully saturated rings. The monoisotopic (exact) mass is 359 g/mol. The Morgan fingerprint density at radius 3 is 1.74 bits per heavy atom. The third-order valence-corrected chi connectivity index (χ3v) is 5.22. The Bertz CT molecular complexity index is 1010. The molecule has 0 atom stereocenters. The number of benzene rings is 3.